The minimum absolute atomic E-state index is 0.172. The van der Waals surface area contributed by atoms with Crippen LogP contribution in [0.1, 0.15) is 37.1 Å². The normalized spacial score (nSPS) is 19.1. The second-order valence-electron chi connectivity index (χ2n) is 8.02. The first-order valence-corrected chi connectivity index (χ1v) is 10.6. The van der Waals surface area contributed by atoms with E-state index >= 15 is 0 Å². The maximum atomic E-state index is 9.97. The lowest BCUT2D eigenvalue weighted by Crippen LogP contribution is -2.46. The van der Waals surface area contributed by atoms with E-state index < -0.39 is 0 Å². The third-order valence-corrected chi connectivity index (χ3v) is 7.21. The number of aliphatic hydroxyl groups is 1. The van der Waals surface area contributed by atoms with E-state index in [1.807, 2.05) is 19.1 Å². The van der Waals surface area contributed by atoms with Crippen molar-refractivity contribution in [2.45, 2.75) is 39.2 Å². The van der Waals surface area contributed by atoms with Gasteiger partial charge in [0.15, 0.2) is 5.82 Å². The molecule has 0 spiro atoms. The largest absolute Gasteiger partial charge is 0.390 e. The molecule has 1 aliphatic carbocycles. The highest BCUT2D eigenvalue weighted by atomic mass is 35.5. The van der Waals surface area contributed by atoms with Crippen LogP contribution in [0, 0.1) is 18.3 Å². The second-order valence-corrected chi connectivity index (χ2v) is 8.80. The van der Waals surface area contributed by atoms with Gasteiger partial charge >= 0.3 is 0 Å². The van der Waals surface area contributed by atoms with Crippen molar-refractivity contribution in [2.24, 2.45) is 17.1 Å². The Kier molecular flexibility index (Phi) is 5.53. The molecule has 1 aliphatic heterocycles. The van der Waals surface area contributed by atoms with E-state index in [9.17, 15) is 5.11 Å². The fourth-order valence-electron chi connectivity index (χ4n) is 4.48. The number of rotatable bonds is 5. The van der Waals surface area contributed by atoms with Crippen molar-refractivity contribution < 1.29 is 5.11 Å². The second kappa shape index (κ2) is 7.79. The quantitative estimate of drug-likeness (QED) is 0.757. The predicted octanol–water partition coefficient (Wildman–Crippen LogP) is 4.21. The summed E-state index contributed by atoms with van der Waals surface area (Å²) in [7, 11) is 0. The first-order chi connectivity index (χ1) is 13.5. The van der Waals surface area contributed by atoms with Gasteiger partial charge in [-0.2, -0.15) is 0 Å². The van der Waals surface area contributed by atoms with Gasteiger partial charge in [-0.05, 0) is 56.6 Å². The number of hydrogen-bond donors (Lipinski definition) is 2. The molecule has 1 aromatic heterocycles. The molecule has 2 fully saturated rings. The van der Waals surface area contributed by atoms with Crippen LogP contribution in [0.2, 0.25) is 10.0 Å². The van der Waals surface area contributed by atoms with Crippen LogP contribution in [-0.4, -0.2) is 34.7 Å². The number of anilines is 1. The number of benzene rings is 1. The number of piperidine rings is 1. The molecule has 2 aliphatic rings. The number of aliphatic hydroxyl groups excluding tert-OH is 1. The molecular weight excluding hydrogens is 395 g/mol. The van der Waals surface area contributed by atoms with Crippen LogP contribution >= 0.6 is 23.2 Å². The van der Waals surface area contributed by atoms with E-state index in [1.54, 1.807) is 6.07 Å². The van der Waals surface area contributed by atoms with Gasteiger partial charge in [-0.1, -0.05) is 35.3 Å². The highest BCUT2D eigenvalue weighted by molar-refractivity contribution is 6.43. The van der Waals surface area contributed by atoms with Crippen LogP contribution < -0.4 is 10.6 Å². The molecule has 1 saturated carbocycles. The van der Waals surface area contributed by atoms with Crippen molar-refractivity contribution in [3.63, 3.8) is 0 Å². The van der Waals surface area contributed by atoms with Crippen molar-refractivity contribution in [1.29, 1.82) is 0 Å². The Morgan fingerprint density at radius 2 is 1.93 bits per heavy atom. The highest BCUT2D eigenvalue weighted by Crippen LogP contribution is 2.51. The fraction of sp³-hybridized carbons (Fsp3) is 0.524. The van der Waals surface area contributed by atoms with Gasteiger partial charge in [0.2, 0.25) is 0 Å². The molecule has 0 bridgehead atoms. The van der Waals surface area contributed by atoms with E-state index in [1.165, 1.54) is 12.8 Å². The van der Waals surface area contributed by atoms with E-state index in [-0.39, 0.29) is 12.0 Å². The maximum absolute atomic E-state index is 9.97. The molecular formula is C21H26Cl2N4O. The topological polar surface area (TPSA) is 75.3 Å². The minimum Gasteiger partial charge on any atom is -0.390 e. The van der Waals surface area contributed by atoms with Crippen molar-refractivity contribution in [1.82, 2.24) is 9.97 Å². The Hall–Kier alpha value is -1.40. The molecule has 1 aromatic carbocycles. The summed E-state index contributed by atoms with van der Waals surface area (Å²) in [6.45, 7) is 4.30. The van der Waals surface area contributed by atoms with Gasteiger partial charge in [0.25, 0.3) is 0 Å². The number of aryl methyl sites for hydroxylation is 1. The minimum atomic E-state index is -0.172. The smallest absolute Gasteiger partial charge is 0.153 e. The van der Waals surface area contributed by atoms with Gasteiger partial charge in [0.1, 0.15) is 5.69 Å². The maximum Gasteiger partial charge on any atom is 0.153 e. The van der Waals surface area contributed by atoms with Gasteiger partial charge < -0.3 is 15.7 Å². The molecule has 2 heterocycles. The Labute approximate surface area is 175 Å². The summed E-state index contributed by atoms with van der Waals surface area (Å²) in [4.78, 5) is 11.8. The summed E-state index contributed by atoms with van der Waals surface area (Å²) < 4.78 is 0. The molecule has 150 valence electrons. The first kappa shape index (κ1) is 19.9. The molecule has 0 radical (unpaired) electrons. The molecule has 28 heavy (non-hydrogen) atoms. The molecule has 0 amide bonds. The van der Waals surface area contributed by atoms with Gasteiger partial charge in [-0.25, -0.2) is 9.97 Å². The zero-order chi connectivity index (χ0) is 19.9. The number of nitrogens with two attached hydrogens (primary N) is 1. The van der Waals surface area contributed by atoms with Gasteiger partial charge in [0, 0.05) is 18.7 Å². The highest BCUT2D eigenvalue weighted by Gasteiger charge is 2.46. The van der Waals surface area contributed by atoms with Crippen molar-refractivity contribution in [3.8, 4) is 11.3 Å². The Balaban J connectivity index is 1.64. The van der Waals surface area contributed by atoms with E-state index in [4.69, 9.17) is 38.9 Å². The van der Waals surface area contributed by atoms with E-state index in [0.29, 0.717) is 21.4 Å². The molecule has 7 heteroatoms. The van der Waals surface area contributed by atoms with Crippen LogP contribution in [-0.2, 0) is 6.61 Å². The number of nitrogens with zero attached hydrogens (tertiary/aromatic N) is 3. The van der Waals surface area contributed by atoms with Crippen molar-refractivity contribution >= 4 is 29.0 Å². The van der Waals surface area contributed by atoms with Crippen LogP contribution in [0.3, 0.4) is 0 Å². The summed E-state index contributed by atoms with van der Waals surface area (Å²) in [5.74, 6) is 1.56. The summed E-state index contributed by atoms with van der Waals surface area (Å²) in [6.07, 6.45) is 4.77. The van der Waals surface area contributed by atoms with Gasteiger partial charge in [-0.15, -0.1) is 0 Å². The average Bonchev–Trinajstić information content (AvgIpc) is 3.56. The van der Waals surface area contributed by atoms with Crippen LogP contribution in [0.15, 0.2) is 18.2 Å². The van der Waals surface area contributed by atoms with Crippen molar-refractivity contribution in [2.75, 3.05) is 24.5 Å². The Morgan fingerprint density at radius 3 is 2.54 bits per heavy atom. The van der Waals surface area contributed by atoms with Crippen LogP contribution in [0.25, 0.3) is 11.3 Å². The van der Waals surface area contributed by atoms with Gasteiger partial charge in [0.05, 0.1) is 28.0 Å². The summed E-state index contributed by atoms with van der Waals surface area (Å²) >= 11 is 12.5. The fourth-order valence-corrected chi connectivity index (χ4v) is 4.87. The molecule has 5 nitrogen and oxygen atoms in total. The zero-order valence-electron chi connectivity index (χ0n) is 16.1. The van der Waals surface area contributed by atoms with E-state index in [2.05, 4.69) is 4.90 Å². The summed E-state index contributed by atoms with van der Waals surface area (Å²) in [5, 5.41) is 10.9. The Bertz CT molecular complexity index is 877. The average molecular weight is 421 g/mol. The third-order valence-electron chi connectivity index (χ3n) is 6.39. The van der Waals surface area contributed by atoms with E-state index in [0.717, 1.165) is 55.5 Å². The summed E-state index contributed by atoms with van der Waals surface area (Å²) in [6, 6.07) is 5.46. The molecule has 0 atom stereocenters. The third kappa shape index (κ3) is 3.50. The lowest BCUT2D eigenvalue weighted by molar-refractivity contribution is 0.188. The monoisotopic (exact) mass is 420 g/mol. The standard InChI is InChI=1S/C21H26Cl2N4O/c1-13-19(15-3-2-4-16(22)18(15)23)26-17(11-28)20(25-13)27-9-7-21(12-24,8-10-27)14-5-6-14/h2-4,14,28H,5-12,24H2,1H3. The number of halogens is 2. The zero-order valence-corrected chi connectivity index (χ0v) is 17.6. The Morgan fingerprint density at radius 1 is 1.21 bits per heavy atom. The number of hydrogen-bond acceptors (Lipinski definition) is 5. The predicted molar refractivity (Wildman–Crippen MR) is 114 cm³/mol. The SMILES string of the molecule is Cc1nc(N2CCC(CN)(C3CC3)CC2)c(CO)nc1-c1cccc(Cl)c1Cl. The molecule has 3 N–H and O–H groups in total. The molecule has 1 saturated heterocycles. The lowest BCUT2D eigenvalue weighted by Gasteiger charge is -2.42. The number of aromatic nitrogens is 2. The van der Waals surface area contributed by atoms with Crippen molar-refractivity contribution in [3.05, 3.63) is 39.6 Å². The van der Waals surface area contributed by atoms with Crippen LogP contribution in [0.5, 0.6) is 0 Å². The molecule has 2 aromatic rings. The molecule has 0 unspecified atom stereocenters. The summed E-state index contributed by atoms with van der Waals surface area (Å²) in [5.41, 5.74) is 9.16. The van der Waals surface area contributed by atoms with Crippen LogP contribution in [0.4, 0.5) is 5.82 Å². The first-order valence-electron chi connectivity index (χ1n) is 9.87. The lowest BCUT2D eigenvalue weighted by atomic mass is 9.74. The molecule has 4 rings (SSSR count). The van der Waals surface area contributed by atoms with Gasteiger partial charge in [-0.3, -0.25) is 0 Å².